The van der Waals surface area contributed by atoms with Gasteiger partial charge in [-0.2, -0.15) is 0 Å². The molecule has 0 aromatic carbocycles. The summed E-state index contributed by atoms with van der Waals surface area (Å²) in [6, 6.07) is 0.622. The fourth-order valence-electron chi connectivity index (χ4n) is 2.80. The molecule has 0 bridgehead atoms. The van der Waals surface area contributed by atoms with E-state index in [1.54, 1.807) is 11.3 Å². The number of hydrogen-bond acceptors (Lipinski definition) is 5. The van der Waals surface area contributed by atoms with Crippen LogP contribution in [0.4, 0.5) is 5.13 Å². The quantitative estimate of drug-likeness (QED) is 0.849. The van der Waals surface area contributed by atoms with Crippen LogP contribution in [0, 0.1) is 0 Å². The summed E-state index contributed by atoms with van der Waals surface area (Å²) in [4.78, 5) is 7.91. The standard InChI is InChI=1S/C11H17N3OS/c12-11-13-6-8(16-11)7-14-4-5-15-10-3-1-2-9(10)14/h6,9-10H,1-5,7H2,(H2,12,13). The molecule has 2 heterocycles. The minimum absolute atomic E-state index is 0.471. The molecule has 4 nitrogen and oxygen atoms in total. The lowest BCUT2D eigenvalue weighted by Gasteiger charge is -2.37. The van der Waals surface area contributed by atoms with Gasteiger partial charge in [0, 0.05) is 30.2 Å². The maximum absolute atomic E-state index is 5.80. The zero-order chi connectivity index (χ0) is 11.0. The molecule has 16 heavy (non-hydrogen) atoms. The monoisotopic (exact) mass is 239 g/mol. The van der Waals surface area contributed by atoms with Crippen molar-refractivity contribution in [1.82, 2.24) is 9.88 Å². The van der Waals surface area contributed by atoms with Gasteiger partial charge in [0.15, 0.2) is 5.13 Å². The third-order valence-electron chi connectivity index (χ3n) is 3.53. The van der Waals surface area contributed by atoms with E-state index in [9.17, 15) is 0 Å². The maximum atomic E-state index is 5.80. The molecule has 1 aromatic heterocycles. The summed E-state index contributed by atoms with van der Waals surface area (Å²) >= 11 is 1.60. The Kier molecular flexibility index (Phi) is 2.83. The van der Waals surface area contributed by atoms with Gasteiger partial charge in [0.1, 0.15) is 0 Å². The predicted octanol–water partition coefficient (Wildman–Crippen LogP) is 1.48. The zero-order valence-electron chi connectivity index (χ0n) is 9.26. The van der Waals surface area contributed by atoms with Gasteiger partial charge in [-0.05, 0) is 19.3 Å². The fraction of sp³-hybridized carbons (Fsp3) is 0.727. The lowest BCUT2D eigenvalue weighted by Crippen LogP contribution is -2.47. The highest BCUT2D eigenvalue weighted by Crippen LogP contribution is 2.31. The molecule has 0 radical (unpaired) electrons. The van der Waals surface area contributed by atoms with Crippen LogP contribution in [-0.4, -0.2) is 35.2 Å². The first-order valence-electron chi connectivity index (χ1n) is 5.89. The Bertz CT molecular complexity index is 368. The molecule has 2 atom stereocenters. The van der Waals surface area contributed by atoms with E-state index in [4.69, 9.17) is 10.5 Å². The maximum Gasteiger partial charge on any atom is 0.180 e. The predicted molar refractivity (Wildman–Crippen MR) is 64.3 cm³/mol. The highest BCUT2D eigenvalue weighted by Gasteiger charge is 2.35. The molecule has 1 saturated heterocycles. The van der Waals surface area contributed by atoms with Crippen molar-refractivity contribution >= 4 is 16.5 Å². The Morgan fingerprint density at radius 1 is 1.56 bits per heavy atom. The molecule has 2 fully saturated rings. The van der Waals surface area contributed by atoms with Crippen LogP contribution < -0.4 is 5.73 Å². The molecule has 0 amide bonds. The molecular weight excluding hydrogens is 222 g/mol. The van der Waals surface area contributed by atoms with Gasteiger partial charge in [0.05, 0.1) is 12.7 Å². The molecule has 3 rings (SSSR count). The highest BCUT2D eigenvalue weighted by molar-refractivity contribution is 7.15. The molecule has 1 aliphatic heterocycles. The number of hydrogen-bond donors (Lipinski definition) is 1. The smallest absolute Gasteiger partial charge is 0.180 e. The molecule has 0 spiro atoms. The number of aromatic nitrogens is 1. The fourth-order valence-corrected chi connectivity index (χ4v) is 3.51. The van der Waals surface area contributed by atoms with Crippen LogP contribution >= 0.6 is 11.3 Å². The summed E-state index contributed by atoms with van der Waals surface area (Å²) in [5.74, 6) is 0. The van der Waals surface area contributed by atoms with Crippen molar-refractivity contribution in [3.63, 3.8) is 0 Å². The summed E-state index contributed by atoms with van der Waals surface area (Å²) in [6.07, 6.45) is 6.18. The van der Waals surface area contributed by atoms with Gasteiger partial charge in [-0.15, -0.1) is 11.3 Å². The van der Waals surface area contributed by atoms with E-state index in [1.165, 1.54) is 24.1 Å². The van der Waals surface area contributed by atoms with E-state index in [-0.39, 0.29) is 0 Å². The van der Waals surface area contributed by atoms with Crippen LogP contribution in [0.25, 0.3) is 0 Å². The van der Waals surface area contributed by atoms with Crippen LogP contribution in [0.2, 0.25) is 0 Å². The van der Waals surface area contributed by atoms with Gasteiger partial charge in [0.25, 0.3) is 0 Å². The van der Waals surface area contributed by atoms with Crippen molar-refractivity contribution < 1.29 is 4.74 Å². The van der Waals surface area contributed by atoms with Crippen molar-refractivity contribution in [2.75, 3.05) is 18.9 Å². The first kappa shape index (κ1) is 10.5. The molecule has 1 aromatic rings. The van der Waals surface area contributed by atoms with Gasteiger partial charge in [-0.3, -0.25) is 4.90 Å². The van der Waals surface area contributed by atoms with Gasteiger partial charge in [-0.1, -0.05) is 0 Å². The van der Waals surface area contributed by atoms with Crippen LogP contribution in [0.15, 0.2) is 6.20 Å². The Labute approximate surface area is 99.4 Å². The number of thiazole rings is 1. The van der Waals surface area contributed by atoms with E-state index in [1.807, 2.05) is 6.20 Å². The second-order valence-electron chi connectivity index (χ2n) is 4.54. The molecule has 2 unspecified atom stereocenters. The SMILES string of the molecule is Nc1ncc(CN2CCOC3CCCC32)s1. The normalized spacial score (nSPS) is 30.5. The van der Waals surface area contributed by atoms with Crippen LogP contribution in [-0.2, 0) is 11.3 Å². The van der Waals surface area contributed by atoms with Crippen molar-refractivity contribution in [1.29, 1.82) is 0 Å². The summed E-state index contributed by atoms with van der Waals surface area (Å²) in [5.41, 5.74) is 5.65. The minimum atomic E-state index is 0.471. The van der Waals surface area contributed by atoms with Crippen molar-refractivity contribution in [3.05, 3.63) is 11.1 Å². The number of nitrogen functional groups attached to an aromatic ring is 1. The average Bonchev–Trinajstić information content (AvgIpc) is 2.87. The van der Waals surface area contributed by atoms with Crippen LogP contribution in [0.5, 0.6) is 0 Å². The summed E-state index contributed by atoms with van der Waals surface area (Å²) < 4.78 is 5.80. The highest BCUT2D eigenvalue weighted by atomic mass is 32.1. The second-order valence-corrected chi connectivity index (χ2v) is 5.69. The number of nitrogens with zero attached hydrogens (tertiary/aromatic N) is 2. The lowest BCUT2D eigenvalue weighted by molar-refractivity contribution is -0.0585. The number of fused-ring (bicyclic) bond motifs is 1. The Morgan fingerprint density at radius 3 is 3.31 bits per heavy atom. The van der Waals surface area contributed by atoms with E-state index in [0.29, 0.717) is 17.3 Å². The van der Waals surface area contributed by atoms with Crippen molar-refractivity contribution in [2.45, 2.75) is 38.0 Å². The number of anilines is 1. The van der Waals surface area contributed by atoms with Gasteiger partial charge in [0.2, 0.25) is 0 Å². The molecule has 1 saturated carbocycles. The van der Waals surface area contributed by atoms with Gasteiger partial charge < -0.3 is 10.5 Å². The lowest BCUT2D eigenvalue weighted by atomic mass is 10.1. The summed E-state index contributed by atoms with van der Waals surface area (Å²) in [6.45, 7) is 2.90. The zero-order valence-corrected chi connectivity index (χ0v) is 10.1. The third-order valence-corrected chi connectivity index (χ3v) is 4.34. The van der Waals surface area contributed by atoms with E-state index in [2.05, 4.69) is 9.88 Å². The van der Waals surface area contributed by atoms with Crippen molar-refractivity contribution in [3.8, 4) is 0 Å². The number of ether oxygens (including phenoxy) is 1. The number of rotatable bonds is 2. The van der Waals surface area contributed by atoms with Crippen molar-refractivity contribution in [2.24, 2.45) is 0 Å². The first-order valence-corrected chi connectivity index (χ1v) is 6.70. The van der Waals surface area contributed by atoms with Gasteiger partial charge in [-0.25, -0.2) is 4.98 Å². The van der Waals surface area contributed by atoms with Crippen LogP contribution in [0.1, 0.15) is 24.1 Å². The first-order chi connectivity index (χ1) is 7.83. The summed E-state index contributed by atoms with van der Waals surface area (Å²) in [7, 11) is 0. The Balaban J connectivity index is 1.69. The number of morpholine rings is 1. The third kappa shape index (κ3) is 1.95. The molecule has 88 valence electrons. The topological polar surface area (TPSA) is 51.4 Å². The average molecular weight is 239 g/mol. The molecule has 5 heteroatoms. The second kappa shape index (κ2) is 4.31. The van der Waals surface area contributed by atoms with E-state index >= 15 is 0 Å². The van der Waals surface area contributed by atoms with Gasteiger partial charge >= 0.3 is 0 Å². The van der Waals surface area contributed by atoms with E-state index in [0.717, 1.165) is 19.7 Å². The minimum Gasteiger partial charge on any atom is -0.375 e. The number of nitrogens with two attached hydrogens (primary N) is 1. The summed E-state index contributed by atoms with van der Waals surface area (Å²) in [5, 5.41) is 0.672. The molecular formula is C11H17N3OS. The Morgan fingerprint density at radius 2 is 2.50 bits per heavy atom. The van der Waals surface area contributed by atoms with E-state index < -0.39 is 0 Å². The molecule has 2 aliphatic rings. The molecule has 2 N–H and O–H groups in total. The largest absolute Gasteiger partial charge is 0.375 e. The Hall–Kier alpha value is -0.650. The van der Waals surface area contributed by atoms with Crippen LogP contribution in [0.3, 0.4) is 0 Å². The molecule has 1 aliphatic carbocycles.